The lowest BCUT2D eigenvalue weighted by molar-refractivity contribution is 0.516. The van der Waals surface area contributed by atoms with Crippen molar-refractivity contribution in [2.24, 2.45) is 11.7 Å². The Morgan fingerprint density at radius 3 is 2.23 bits per heavy atom. The number of nitrogens with two attached hydrogens (primary N) is 1. The van der Waals surface area contributed by atoms with Gasteiger partial charge in [0, 0.05) is 0 Å². The van der Waals surface area contributed by atoms with Gasteiger partial charge in [-0.15, -0.1) is 0 Å². The molecule has 76 valence electrons. The Morgan fingerprint density at radius 1 is 1.23 bits per heavy atom. The van der Waals surface area contributed by atoms with Gasteiger partial charge in [0.25, 0.3) is 0 Å². The monoisotopic (exact) mass is 181 g/mol. The van der Waals surface area contributed by atoms with E-state index in [9.17, 15) is 0 Å². The highest BCUT2D eigenvalue weighted by Gasteiger charge is 2.03. The maximum atomic E-state index is 5.64. The minimum absolute atomic E-state index is 0.654. The summed E-state index contributed by atoms with van der Waals surface area (Å²) in [7, 11) is 0. The predicted molar refractivity (Wildman–Crippen MR) is 60.6 cm³/mol. The fourth-order valence-electron chi connectivity index (χ4n) is 1.23. The second-order valence-corrected chi connectivity index (χ2v) is 3.97. The lowest BCUT2D eigenvalue weighted by Crippen LogP contribution is -2.13. The minimum atomic E-state index is 0.654. The number of allylic oxidation sites excluding steroid dienone is 4. The van der Waals surface area contributed by atoms with Gasteiger partial charge in [-0.25, -0.2) is 0 Å². The molecule has 0 saturated carbocycles. The van der Waals surface area contributed by atoms with E-state index in [0.717, 1.165) is 13.0 Å². The highest BCUT2D eigenvalue weighted by atomic mass is 14.5. The normalized spacial score (nSPS) is 14.1. The van der Waals surface area contributed by atoms with Crippen LogP contribution in [0.15, 0.2) is 23.3 Å². The molecule has 1 heteroatoms. The van der Waals surface area contributed by atoms with Gasteiger partial charge in [-0.1, -0.05) is 36.6 Å². The van der Waals surface area contributed by atoms with Crippen molar-refractivity contribution in [2.45, 2.75) is 40.5 Å². The topological polar surface area (TPSA) is 26.0 Å². The van der Waals surface area contributed by atoms with Gasteiger partial charge >= 0.3 is 0 Å². The standard InChI is InChI=1S/C12H23N/c1-5-12(9-13)8-11(4)7-6-10(2)3/h6-7,12H,5,8-9,13H2,1-4H3/b11-7+. The van der Waals surface area contributed by atoms with Crippen LogP contribution >= 0.6 is 0 Å². The third-order valence-electron chi connectivity index (χ3n) is 2.22. The summed E-state index contributed by atoms with van der Waals surface area (Å²) in [5.41, 5.74) is 8.42. The summed E-state index contributed by atoms with van der Waals surface area (Å²) in [5, 5.41) is 0. The Labute approximate surface area is 82.7 Å². The minimum Gasteiger partial charge on any atom is -0.330 e. The first-order valence-corrected chi connectivity index (χ1v) is 5.10. The molecule has 13 heavy (non-hydrogen) atoms. The average Bonchev–Trinajstić information content (AvgIpc) is 2.10. The van der Waals surface area contributed by atoms with Gasteiger partial charge in [-0.2, -0.15) is 0 Å². The second-order valence-electron chi connectivity index (χ2n) is 3.97. The molecule has 2 N–H and O–H groups in total. The van der Waals surface area contributed by atoms with E-state index in [4.69, 9.17) is 5.73 Å². The number of hydrogen-bond donors (Lipinski definition) is 1. The van der Waals surface area contributed by atoms with Crippen molar-refractivity contribution >= 4 is 0 Å². The maximum absolute atomic E-state index is 5.64. The Balaban J connectivity index is 4.04. The van der Waals surface area contributed by atoms with Crippen LogP contribution in [0.3, 0.4) is 0 Å². The molecule has 0 saturated heterocycles. The Kier molecular flexibility index (Phi) is 6.61. The molecule has 0 bridgehead atoms. The Bertz CT molecular complexity index is 181. The molecule has 0 aliphatic carbocycles. The van der Waals surface area contributed by atoms with E-state index in [2.05, 4.69) is 39.8 Å². The fraction of sp³-hybridized carbons (Fsp3) is 0.667. The van der Waals surface area contributed by atoms with E-state index in [-0.39, 0.29) is 0 Å². The first-order valence-electron chi connectivity index (χ1n) is 5.10. The summed E-state index contributed by atoms with van der Waals surface area (Å²) >= 11 is 0. The van der Waals surface area contributed by atoms with E-state index in [1.165, 1.54) is 17.6 Å². The van der Waals surface area contributed by atoms with Gasteiger partial charge in [0.05, 0.1) is 0 Å². The van der Waals surface area contributed by atoms with Crippen molar-refractivity contribution < 1.29 is 0 Å². The molecule has 0 radical (unpaired) electrons. The molecule has 0 aromatic carbocycles. The smallest absolute Gasteiger partial charge is 0.00459 e. The van der Waals surface area contributed by atoms with Crippen LogP contribution in [-0.2, 0) is 0 Å². The van der Waals surface area contributed by atoms with Gasteiger partial charge in [-0.3, -0.25) is 0 Å². The molecule has 0 aromatic rings. The highest BCUT2D eigenvalue weighted by molar-refractivity contribution is 5.14. The van der Waals surface area contributed by atoms with Gasteiger partial charge in [-0.05, 0) is 39.7 Å². The van der Waals surface area contributed by atoms with Crippen molar-refractivity contribution in [3.8, 4) is 0 Å². The van der Waals surface area contributed by atoms with Crippen molar-refractivity contribution in [1.29, 1.82) is 0 Å². The van der Waals surface area contributed by atoms with Crippen molar-refractivity contribution in [3.63, 3.8) is 0 Å². The molecular formula is C12H23N. The van der Waals surface area contributed by atoms with E-state index < -0.39 is 0 Å². The van der Waals surface area contributed by atoms with E-state index in [1.807, 2.05) is 0 Å². The first kappa shape index (κ1) is 12.4. The molecule has 0 aliphatic rings. The molecule has 0 amide bonds. The molecule has 0 aliphatic heterocycles. The summed E-state index contributed by atoms with van der Waals surface area (Å²) in [6.07, 6.45) is 6.68. The zero-order chi connectivity index (χ0) is 10.3. The summed E-state index contributed by atoms with van der Waals surface area (Å²) in [4.78, 5) is 0. The summed E-state index contributed by atoms with van der Waals surface area (Å²) in [5.74, 6) is 0.654. The third kappa shape index (κ3) is 6.59. The summed E-state index contributed by atoms with van der Waals surface area (Å²) < 4.78 is 0. The van der Waals surface area contributed by atoms with Gasteiger partial charge < -0.3 is 5.73 Å². The largest absolute Gasteiger partial charge is 0.330 e. The second kappa shape index (κ2) is 6.90. The van der Waals surface area contributed by atoms with Gasteiger partial charge in [0.1, 0.15) is 0 Å². The molecule has 0 heterocycles. The van der Waals surface area contributed by atoms with Crippen LogP contribution < -0.4 is 5.73 Å². The van der Waals surface area contributed by atoms with Crippen molar-refractivity contribution in [3.05, 3.63) is 23.3 Å². The predicted octanol–water partition coefficient (Wildman–Crippen LogP) is 3.27. The zero-order valence-corrected chi connectivity index (χ0v) is 9.43. The molecule has 0 fully saturated rings. The quantitative estimate of drug-likeness (QED) is 0.647. The lowest BCUT2D eigenvalue weighted by Gasteiger charge is -2.11. The first-order chi connectivity index (χ1) is 6.10. The SMILES string of the molecule is CCC(CN)C/C(C)=C/C=C(C)C. The average molecular weight is 181 g/mol. The van der Waals surface area contributed by atoms with Crippen LogP contribution in [0.1, 0.15) is 40.5 Å². The lowest BCUT2D eigenvalue weighted by atomic mass is 9.97. The number of hydrogen-bond acceptors (Lipinski definition) is 1. The van der Waals surface area contributed by atoms with Crippen LogP contribution in [0.5, 0.6) is 0 Å². The van der Waals surface area contributed by atoms with Crippen LogP contribution in [0.2, 0.25) is 0 Å². The Hall–Kier alpha value is -0.560. The van der Waals surface area contributed by atoms with E-state index >= 15 is 0 Å². The van der Waals surface area contributed by atoms with Crippen LogP contribution in [0.25, 0.3) is 0 Å². The van der Waals surface area contributed by atoms with Crippen LogP contribution in [0, 0.1) is 5.92 Å². The molecule has 1 nitrogen and oxygen atoms in total. The molecule has 1 unspecified atom stereocenters. The van der Waals surface area contributed by atoms with E-state index in [0.29, 0.717) is 5.92 Å². The molecular weight excluding hydrogens is 158 g/mol. The molecule has 1 atom stereocenters. The van der Waals surface area contributed by atoms with Crippen LogP contribution in [-0.4, -0.2) is 6.54 Å². The Morgan fingerprint density at radius 2 is 1.85 bits per heavy atom. The molecule has 0 aromatic heterocycles. The maximum Gasteiger partial charge on any atom is -0.00459 e. The zero-order valence-electron chi connectivity index (χ0n) is 9.43. The molecule has 0 spiro atoms. The fourth-order valence-corrected chi connectivity index (χ4v) is 1.23. The van der Waals surface area contributed by atoms with Gasteiger partial charge in [0.15, 0.2) is 0 Å². The van der Waals surface area contributed by atoms with Crippen molar-refractivity contribution in [2.75, 3.05) is 6.54 Å². The van der Waals surface area contributed by atoms with E-state index in [1.54, 1.807) is 0 Å². The highest BCUT2D eigenvalue weighted by Crippen LogP contribution is 2.13. The third-order valence-corrected chi connectivity index (χ3v) is 2.22. The van der Waals surface area contributed by atoms with Crippen LogP contribution in [0.4, 0.5) is 0 Å². The van der Waals surface area contributed by atoms with Gasteiger partial charge in [0.2, 0.25) is 0 Å². The summed E-state index contributed by atoms with van der Waals surface area (Å²) in [6, 6.07) is 0. The van der Waals surface area contributed by atoms with Crippen molar-refractivity contribution in [1.82, 2.24) is 0 Å². The summed E-state index contributed by atoms with van der Waals surface area (Å²) in [6.45, 7) is 9.41. The molecule has 0 rings (SSSR count). The number of rotatable bonds is 5.